The van der Waals surface area contributed by atoms with Crippen molar-refractivity contribution in [2.45, 2.75) is 58.1 Å². The van der Waals surface area contributed by atoms with E-state index >= 15 is 0 Å². The predicted octanol–water partition coefficient (Wildman–Crippen LogP) is 3.03. The number of ether oxygens (including phenoxy) is 1. The molecular formula is C18H27NO3. The zero-order valence-corrected chi connectivity index (χ0v) is 13.6. The summed E-state index contributed by atoms with van der Waals surface area (Å²) < 4.78 is 5.69. The maximum atomic E-state index is 12.0. The molecule has 1 aliphatic rings. The number of hydrogen-bond acceptors (Lipinski definition) is 3. The molecule has 22 heavy (non-hydrogen) atoms. The first kappa shape index (κ1) is 16.8. The van der Waals surface area contributed by atoms with E-state index < -0.39 is 5.60 Å². The van der Waals surface area contributed by atoms with Crippen LogP contribution in [0.3, 0.4) is 0 Å². The highest BCUT2D eigenvalue weighted by molar-refractivity contribution is 5.77. The minimum atomic E-state index is -0.785. The van der Waals surface area contributed by atoms with Crippen molar-refractivity contribution < 1.29 is 14.6 Å². The second-order valence-electron chi connectivity index (χ2n) is 6.74. The molecule has 1 amide bonds. The average Bonchev–Trinajstić information content (AvgIpc) is 2.90. The molecule has 4 heteroatoms. The lowest BCUT2D eigenvalue weighted by atomic mass is 9.97. The van der Waals surface area contributed by atoms with Gasteiger partial charge in [0, 0.05) is 6.54 Å². The molecule has 1 fully saturated rings. The Labute approximate surface area is 132 Å². The van der Waals surface area contributed by atoms with E-state index in [1.165, 1.54) is 0 Å². The van der Waals surface area contributed by atoms with Crippen LogP contribution < -0.4 is 10.1 Å². The molecule has 0 aromatic heterocycles. The molecule has 1 saturated carbocycles. The Morgan fingerprint density at radius 3 is 2.77 bits per heavy atom. The molecule has 1 aliphatic carbocycles. The normalized spacial score (nSPS) is 16.7. The molecule has 0 unspecified atom stereocenters. The molecule has 2 rings (SSSR count). The van der Waals surface area contributed by atoms with E-state index in [0.717, 1.165) is 37.0 Å². The van der Waals surface area contributed by atoms with Gasteiger partial charge in [0.05, 0.1) is 18.6 Å². The van der Waals surface area contributed by atoms with Crippen LogP contribution in [0.5, 0.6) is 5.75 Å². The van der Waals surface area contributed by atoms with Gasteiger partial charge in [0.15, 0.2) is 0 Å². The number of carbonyl (C=O) groups is 1. The first-order valence-corrected chi connectivity index (χ1v) is 8.18. The largest absolute Gasteiger partial charge is 0.493 e. The van der Waals surface area contributed by atoms with Gasteiger partial charge in [-0.25, -0.2) is 0 Å². The summed E-state index contributed by atoms with van der Waals surface area (Å²) in [6.45, 7) is 5.37. The molecule has 1 aromatic rings. The van der Waals surface area contributed by atoms with Crippen molar-refractivity contribution in [3.05, 3.63) is 29.8 Å². The van der Waals surface area contributed by atoms with E-state index in [0.29, 0.717) is 19.1 Å². The second-order valence-corrected chi connectivity index (χ2v) is 6.74. The van der Waals surface area contributed by atoms with Crippen LogP contribution in [0, 0.1) is 5.92 Å². The smallest absolute Gasteiger partial charge is 0.223 e. The molecule has 0 atom stereocenters. The SMILES string of the molecule is CC(C)COc1cccc(CNC(=O)CC2(O)CCCC2)c1. The number of rotatable bonds is 7. The summed E-state index contributed by atoms with van der Waals surface area (Å²) in [6.07, 6.45) is 3.70. The lowest BCUT2D eigenvalue weighted by Crippen LogP contribution is -2.34. The van der Waals surface area contributed by atoms with E-state index in [1.54, 1.807) is 0 Å². The standard InChI is InChI=1S/C18H27NO3/c1-14(2)13-22-16-7-5-6-15(10-16)12-19-17(20)11-18(21)8-3-4-9-18/h5-7,10,14,21H,3-4,8-9,11-13H2,1-2H3,(H,19,20). The van der Waals surface area contributed by atoms with Crippen LogP contribution in [0.15, 0.2) is 24.3 Å². The lowest BCUT2D eigenvalue weighted by molar-refractivity contribution is -0.126. The van der Waals surface area contributed by atoms with Crippen LogP contribution in [0.2, 0.25) is 0 Å². The van der Waals surface area contributed by atoms with Crippen molar-refractivity contribution in [3.8, 4) is 5.75 Å². The second kappa shape index (κ2) is 7.63. The van der Waals surface area contributed by atoms with Gasteiger partial charge in [-0.05, 0) is 36.5 Å². The van der Waals surface area contributed by atoms with Crippen molar-refractivity contribution in [3.63, 3.8) is 0 Å². The molecule has 0 heterocycles. The third-order valence-corrected chi connectivity index (χ3v) is 4.00. The fourth-order valence-electron chi connectivity index (χ4n) is 2.78. The Bertz CT molecular complexity index is 493. The first-order chi connectivity index (χ1) is 10.5. The Morgan fingerprint density at radius 2 is 2.09 bits per heavy atom. The molecule has 0 saturated heterocycles. The van der Waals surface area contributed by atoms with E-state index in [4.69, 9.17) is 4.74 Å². The number of benzene rings is 1. The maximum absolute atomic E-state index is 12.0. The molecule has 0 radical (unpaired) electrons. The fourth-order valence-corrected chi connectivity index (χ4v) is 2.78. The molecule has 2 N–H and O–H groups in total. The monoisotopic (exact) mass is 305 g/mol. The van der Waals surface area contributed by atoms with Crippen LogP contribution in [-0.4, -0.2) is 23.2 Å². The first-order valence-electron chi connectivity index (χ1n) is 8.18. The Kier molecular flexibility index (Phi) is 5.83. The number of hydrogen-bond donors (Lipinski definition) is 2. The quantitative estimate of drug-likeness (QED) is 0.814. The van der Waals surface area contributed by atoms with Gasteiger partial charge in [0.2, 0.25) is 5.91 Å². The van der Waals surface area contributed by atoms with Gasteiger partial charge >= 0.3 is 0 Å². The van der Waals surface area contributed by atoms with E-state index in [-0.39, 0.29) is 12.3 Å². The van der Waals surface area contributed by atoms with E-state index in [2.05, 4.69) is 19.2 Å². The number of amides is 1. The molecule has 0 aliphatic heterocycles. The summed E-state index contributed by atoms with van der Waals surface area (Å²) >= 11 is 0. The van der Waals surface area contributed by atoms with Crippen LogP contribution in [0.25, 0.3) is 0 Å². The summed E-state index contributed by atoms with van der Waals surface area (Å²) in [6, 6.07) is 7.77. The van der Waals surface area contributed by atoms with Crippen LogP contribution in [0.4, 0.5) is 0 Å². The highest BCUT2D eigenvalue weighted by Crippen LogP contribution is 2.32. The van der Waals surface area contributed by atoms with Gasteiger partial charge in [0.25, 0.3) is 0 Å². The summed E-state index contributed by atoms with van der Waals surface area (Å²) in [7, 11) is 0. The highest BCUT2D eigenvalue weighted by atomic mass is 16.5. The Hall–Kier alpha value is -1.55. The van der Waals surface area contributed by atoms with Crippen molar-refractivity contribution in [2.75, 3.05) is 6.61 Å². The molecular weight excluding hydrogens is 278 g/mol. The van der Waals surface area contributed by atoms with Gasteiger partial charge < -0.3 is 15.2 Å². The maximum Gasteiger partial charge on any atom is 0.223 e. The van der Waals surface area contributed by atoms with Crippen LogP contribution in [0.1, 0.15) is 51.5 Å². The van der Waals surface area contributed by atoms with Gasteiger partial charge in [-0.2, -0.15) is 0 Å². The van der Waals surface area contributed by atoms with Crippen molar-refractivity contribution in [1.82, 2.24) is 5.32 Å². The van der Waals surface area contributed by atoms with Crippen molar-refractivity contribution in [2.24, 2.45) is 5.92 Å². The predicted molar refractivity (Wildman–Crippen MR) is 86.7 cm³/mol. The molecule has 0 bridgehead atoms. The van der Waals surface area contributed by atoms with Crippen molar-refractivity contribution in [1.29, 1.82) is 0 Å². The van der Waals surface area contributed by atoms with Gasteiger partial charge in [-0.3, -0.25) is 4.79 Å². The number of aliphatic hydroxyl groups is 1. The number of nitrogens with one attached hydrogen (secondary N) is 1. The molecule has 0 spiro atoms. The highest BCUT2D eigenvalue weighted by Gasteiger charge is 2.33. The van der Waals surface area contributed by atoms with Crippen LogP contribution in [-0.2, 0) is 11.3 Å². The minimum Gasteiger partial charge on any atom is -0.493 e. The number of carbonyl (C=O) groups excluding carboxylic acids is 1. The third kappa shape index (κ3) is 5.34. The van der Waals surface area contributed by atoms with E-state index in [1.807, 2.05) is 24.3 Å². The summed E-state index contributed by atoms with van der Waals surface area (Å²) in [4.78, 5) is 12.0. The lowest BCUT2D eigenvalue weighted by Gasteiger charge is -2.21. The molecule has 1 aromatic carbocycles. The Balaban J connectivity index is 1.80. The Morgan fingerprint density at radius 1 is 1.36 bits per heavy atom. The zero-order chi connectivity index (χ0) is 16.0. The molecule has 122 valence electrons. The third-order valence-electron chi connectivity index (χ3n) is 4.00. The van der Waals surface area contributed by atoms with Crippen molar-refractivity contribution >= 4 is 5.91 Å². The molecule has 4 nitrogen and oxygen atoms in total. The van der Waals surface area contributed by atoms with Gasteiger partial charge in [-0.1, -0.05) is 38.8 Å². The van der Waals surface area contributed by atoms with Crippen LogP contribution >= 0.6 is 0 Å². The summed E-state index contributed by atoms with van der Waals surface area (Å²) in [5.74, 6) is 1.23. The fraction of sp³-hybridized carbons (Fsp3) is 0.611. The topological polar surface area (TPSA) is 58.6 Å². The van der Waals surface area contributed by atoms with Gasteiger partial charge in [0.1, 0.15) is 5.75 Å². The zero-order valence-electron chi connectivity index (χ0n) is 13.6. The summed E-state index contributed by atoms with van der Waals surface area (Å²) in [5, 5.41) is 13.1. The van der Waals surface area contributed by atoms with Gasteiger partial charge in [-0.15, -0.1) is 0 Å². The van der Waals surface area contributed by atoms with E-state index in [9.17, 15) is 9.90 Å². The summed E-state index contributed by atoms with van der Waals surface area (Å²) in [5.41, 5.74) is 0.222. The minimum absolute atomic E-state index is 0.0853. The average molecular weight is 305 g/mol.